The van der Waals surface area contributed by atoms with Crippen LogP contribution in [0.1, 0.15) is 18.5 Å². The Kier molecular flexibility index (Phi) is 5.20. The first kappa shape index (κ1) is 16.2. The van der Waals surface area contributed by atoms with Crippen LogP contribution in [-0.2, 0) is 4.79 Å². The van der Waals surface area contributed by atoms with Crippen molar-refractivity contribution in [2.45, 2.75) is 25.9 Å². The lowest BCUT2D eigenvalue weighted by atomic mass is 10.1. The van der Waals surface area contributed by atoms with Crippen molar-refractivity contribution in [3.8, 4) is 11.6 Å². The number of carbonyl (C=O) groups is 1. The zero-order valence-corrected chi connectivity index (χ0v) is 13.6. The van der Waals surface area contributed by atoms with Crippen LogP contribution in [0.15, 0.2) is 36.7 Å². The first-order valence-corrected chi connectivity index (χ1v) is 7.98. The Labute approximate surface area is 140 Å². The second-order valence-corrected chi connectivity index (χ2v) is 5.69. The molecule has 0 unspecified atom stereocenters. The fourth-order valence-corrected chi connectivity index (χ4v) is 2.51. The molecule has 1 amide bonds. The number of carbonyl (C=O) groups excluding carboxylic acids is 1. The highest BCUT2D eigenvalue weighted by atomic mass is 16.5. The number of aromatic nitrogens is 3. The third-order valence-electron chi connectivity index (χ3n) is 3.85. The summed E-state index contributed by atoms with van der Waals surface area (Å²) in [5.41, 5.74) is 0.858. The summed E-state index contributed by atoms with van der Waals surface area (Å²) >= 11 is 0. The molecule has 3 rings (SSSR count). The number of aryl methyl sites for hydroxylation is 1. The van der Waals surface area contributed by atoms with E-state index in [1.54, 1.807) is 29.4 Å². The number of hydrogen-bond acceptors (Lipinski definition) is 6. The van der Waals surface area contributed by atoms with Crippen molar-refractivity contribution in [3.63, 3.8) is 0 Å². The van der Waals surface area contributed by atoms with Crippen LogP contribution in [0.4, 0.5) is 0 Å². The molecule has 0 N–H and O–H groups in total. The van der Waals surface area contributed by atoms with Crippen molar-refractivity contribution in [2.24, 2.45) is 0 Å². The monoisotopic (exact) mass is 328 g/mol. The van der Waals surface area contributed by atoms with Gasteiger partial charge < -0.3 is 14.4 Å². The van der Waals surface area contributed by atoms with Crippen LogP contribution in [0.5, 0.6) is 11.6 Å². The fraction of sp³-hybridized carbons (Fsp3) is 0.412. The van der Waals surface area contributed by atoms with E-state index in [2.05, 4.69) is 15.2 Å². The Balaban J connectivity index is 1.42. The largest absolute Gasteiger partial charge is 0.482 e. The van der Waals surface area contributed by atoms with Gasteiger partial charge in [-0.2, -0.15) is 5.10 Å². The van der Waals surface area contributed by atoms with Crippen LogP contribution in [0.2, 0.25) is 0 Å². The maximum Gasteiger partial charge on any atom is 0.260 e. The van der Waals surface area contributed by atoms with Crippen molar-refractivity contribution in [1.82, 2.24) is 20.1 Å². The van der Waals surface area contributed by atoms with Crippen molar-refractivity contribution < 1.29 is 14.3 Å². The second-order valence-electron chi connectivity index (χ2n) is 5.69. The minimum Gasteiger partial charge on any atom is -0.482 e. The molecule has 0 saturated carbocycles. The molecule has 1 saturated heterocycles. The van der Waals surface area contributed by atoms with E-state index < -0.39 is 0 Å². The predicted molar refractivity (Wildman–Crippen MR) is 86.7 cm³/mol. The molecule has 0 aromatic carbocycles. The van der Waals surface area contributed by atoms with Gasteiger partial charge in [0.25, 0.3) is 5.91 Å². The number of ether oxygens (including phenoxy) is 2. The van der Waals surface area contributed by atoms with E-state index in [1.165, 1.54) is 0 Å². The van der Waals surface area contributed by atoms with E-state index in [0.717, 1.165) is 18.5 Å². The van der Waals surface area contributed by atoms with Gasteiger partial charge in [0.2, 0.25) is 5.88 Å². The van der Waals surface area contributed by atoms with E-state index in [9.17, 15) is 4.79 Å². The summed E-state index contributed by atoms with van der Waals surface area (Å²) in [5, 5.41) is 7.99. The van der Waals surface area contributed by atoms with Gasteiger partial charge in [-0.15, -0.1) is 5.10 Å². The van der Waals surface area contributed by atoms with Crippen LogP contribution < -0.4 is 9.47 Å². The molecule has 1 aliphatic heterocycles. The van der Waals surface area contributed by atoms with E-state index in [1.807, 2.05) is 19.1 Å². The summed E-state index contributed by atoms with van der Waals surface area (Å²) in [6, 6.07) is 7.25. The van der Waals surface area contributed by atoms with Gasteiger partial charge >= 0.3 is 0 Å². The first-order valence-electron chi connectivity index (χ1n) is 7.98. The minimum atomic E-state index is -0.0209. The van der Waals surface area contributed by atoms with E-state index in [0.29, 0.717) is 24.7 Å². The second kappa shape index (κ2) is 7.72. The molecule has 0 spiro atoms. The summed E-state index contributed by atoms with van der Waals surface area (Å²) in [6.07, 6.45) is 4.86. The normalized spacial score (nSPS) is 15.1. The number of likely N-dealkylation sites (tertiary alicyclic amines) is 1. The van der Waals surface area contributed by atoms with Gasteiger partial charge in [-0.05, 0) is 25.1 Å². The van der Waals surface area contributed by atoms with Crippen molar-refractivity contribution in [3.05, 3.63) is 42.4 Å². The molecule has 0 bridgehead atoms. The quantitative estimate of drug-likeness (QED) is 0.830. The number of hydrogen-bond donors (Lipinski definition) is 0. The minimum absolute atomic E-state index is 0.0209. The smallest absolute Gasteiger partial charge is 0.260 e. The highest BCUT2D eigenvalue weighted by Crippen LogP contribution is 2.17. The molecule has 0 aliphatic carbocycles. The van der Waals surface area contributed by atoms with E-state index in [4.69, 9.17) is 9.47 Å². The van der Waals surface area contributed by atoms with Crippen LogP contribution >= 0.6 is 0 Å². The highest BCUT2D eigenvalue weighted by molar-refractivity contribution is 5.77. The molecule has 126 valence electrons. The lowest BCUT2D eigenvalue weighted by Gasteiger charge is -2.31. The van der Waals surface area contributed by atoms with Gasteiger partial charge in [0, 0.05) is 38.2 Å². The van der Waals surface area contributed by atoms with Crippen LogP contribution in [0.25, 0.3) is 0 Å². The van der Waals surface area contributed by atoms with Crippen LogP contribution in [0.3, 0.4) is 0 Å². The van der Waals surface area contributed by atoms with E-state index in [-0.39, 0.29) is 18.6 Å². The summed E-state index contributed by atoms with van der Waals surface area (Å²) < 4.78 is 11.3. The molecule has 7 nitrogen and oxygen atoms in total. The highest BCUT2D eigenvalue weighted by Gasteiger charge is 2.24. The van der Waals surface area contributed by atoms with Gasteiger partial charge in [0.1, 0.15) is 11.9 Å². The van der Waals surface area contributed by atoms with Gasteiger partial charge in [-0.3, -0.25) is 9.78 Å². The molecular weight excluding hydrogens is 308 g/mol. The summed E-state index contributed by atoms with van der Waals surface area (Å²) in [6.45, 7) is 3.22. The maximum absolute atomic E-state index is 12.2. The average molecular weight is 328 g/mol. The average Bonchev–Trinajstić information content (AvgIpc) is 2.63. The van der Waals surface area contributed by atoms with Gasteiger partial charge in [0.05, 0.1) is 11.9 Å². The zero-order valence-electron chi connectivity index (χ0n) is 13.6. The number of nitrogens with zero attached hydrogens (tertiary/aromatic N) is 4. The molecule has 2 aromatic heterocycles. The zero-order chi connectivity index (χ0) is 16.8. The molecule has 1 fully saturated rings. The van der Waals surface area contributed by atoms with E-state index >= 15 is 0 Å². The number of amides is 1. The fourth-order valence-electron chi connectivity index (χ4n) is 2.51. The van der Waals surface area contributed by atoms with Crippen LogP contribution in [-0.4, -0.2) is 51.8 Å². The Bertz CT molecular complexity index is 655. The Morgan fingerprint density at radius 3 is 2.75 bits per heavy atom. The third kappa shape index (κ3) is 4.41. The molecule has 0 atom stereocenters. The molecule has 1 aliphatic rings. The molecule has 7 heteroatoms. The van der Waals surface area contributed by atoms with Crippen molar-refractivity contribution in [2.75, 3.05) is 19.7 Å². The summed E-state index contributed by atoms with van der Waals surface area (Å²) in [7, 11) is 0. The van der Waals surface area contributed by atoms with Crippen molar-refractivity contribution >= 4 is 5.91 Å². The number of piperidine rings is 1. The summed E-state index contributed by atoms with van der Waals surface area (Å²) in [4.78, 5) is 17.9. The third-order valence-corrected chi connectivity index (χ3v) is 3.85. The lowest BCUT2D eigenvalue weighted by Crippen LogP contribution is -2.43. The summed E-state index contributed by atoms with van der Waals surface area (Å²) in [5.74, 6) is 1.11. The number of rotatable bonds is 5. The Morgan fingerprint density at radius 2 is 2.08 bits per heavy atom. The predicted octanol–water partition coefficient (Wildman–Crippen LogP) is 1.63. The Morgan fingerprint density at radius 1 is 1.25 bits per heavy atom. The van der Waals surface area contributed by atoms with Gasteiger partial charge in [0.15, 0.2) is 6.61 Å². The first-order chi connectivity index (χ1) is 11.7. The van der Waals surface area contributed by atoms with Crippen LogP contribution in [0, 0.1) is 6.92 Å². The standard InChI is InChI=1S/C17H20N4O3/c1-13-4-5-16(20-19-13)24-14-6-9-21(10-7-14)17(22)12-23-15-3-2-8-18-11-15/h2-5,8,11,14H,6-7,9-10,12H2,1H3. The lowest BCUT2D eigenvalue weighted by molar-refractivity contribution is -0.135. The maximum atomic E-state index is 12.2. The van der Waals surface area contributed by atoms with Gasteiger partial charge in [-0.25, -0.2) is 0 Å². The molecule has 3 heterocycles. The SMILES string of the molecule is Cc1ccc(OC2CCN(C(=O)COc3cccnc3)CC2)nn1. The Hall–Kier alpha value is -2.70. The number of pyridine rings is 1. The van der Waals surface area contributed by atoms with Crippen molar-refractivity contribution in [1.29, 1.82) is 0 Å². The molecule has 2 aromatic rings. The topological polar surface area (TPSA) is 77.4 Å². The molecular formula is C17H20N4O3. The molecule has 24 heavy (non-hydrogen) atoms. The molecule has 0 radical (unpaired) electrons. The van der Waals surface area contributed by atoms with Gasteiger partial charge in [-0.1, -0.05) is 0 Å².